The van der Waals surface area contributed by atoms with Crippen molar-refractivity contribution in [3.63, 3.8) is 0 Å². The van der Waals surface area contributed by atoms with Gasteiger partial charge in [-0.15, -0.1) is 11.8 Å². The third-order valence-corrected chi connectivity index (χ3v) is 4.34. The van der Waals surface area contributed by atoms with Crippen LogP contribution in [0.3, 0.4) is 0 Å². The van der Waals surface area contributed by atoms with Gasteiger partial charge in [0.1, 0.15) is 0 Å². The van der Waals surface area contributed by atoms with Crippen molar-refractivity contribution in [1.29, 1.82) is 0 Å². The van der Waals surface area contributed by atoms with Gasteiger partial charge in [-0.05, 0) is 41.6 Å². The van der Waals surface area contributed by atoms with Crippen molar-refractivity contribution < 1.29 is 9.59 Å². The first-order chi connectivity index (χ1) is 11.5. The number of hydrogen-bond acceptors (Lipinski definition) is 3. The van der Waals surface area contributed by atoms with Crippen LogP contribution >= 0.6 is 11.8 Å². The molecule has 0 aromatic heterocycles. The number of thioether (sulfide) groups is 1. The van der Waals surface area contributed by atoms with Crippen LogP contribution in [0.25, 0.3) is 0 Å². The number of benzene rings is 2. The van der Waals surface area contributed by atoms with Crippen LogP contribution in [0.4, 0.5) is 4.79 Å². The van der Waals surface area contributed by atoms with E-state index in [9.17, 15) is 9.59 Å². The van der Waals surface area contributed by atoms with Crippen molar-refractivity contribution in [2.24, 2.45) is 5.73 Å². The molecule has 5 nitrogen and oxygen atoms in total. The summed E-state index contributed by atoms with van der Waals surface area (Å²) in [4.78, 5) is 26.1. The Hall–Kier alpha value is -2.47. The zero-order valence-electron chi connectivity index (χ0n) is 13.8. The smallest absolute Gasteiger partial charge is 0.312 e. The van der Waals surface area contributed by atoms with Crippen LogP contribution in [0.15, 0.2) is 53.4 Å². The molecule has 6 heteroatoms. The van der Waals surface area contributed by atoms with E-state index < -0.39 is 6.03 Å². The Balaban J connectivity index is 1.97. The molecule has 0 aliphatic heterocycles. The highest BCUT2D eigenvalue weighted by atomic mass is 32.2. The fourth-order valence-corrected chi connectivity index (χ4v) is 2.66. The van der Waals surface area contributed by atoms with E-state index >= 15 is 0 Å². The Bertz CT molecular complexity index is 699. The van der Waals surface area contributed by atoms with Gasteiger partial charge in [-0.3, -0.25) is 4.79 Å². The molecule has 0 spiro atoms. The molecule has 0 saturated carbocycles. The third kappa shape index (κ3) is 5.03. The monoisotopic (exact) mass is 343 g/mol. The van der Waals surface area contributed by atoms with Gasteiger partial charge in [0.15, 0.2) is 0 Å². The minimum absolute atomic E-state index is 0.0432. The van der Waals surface area contributed by atoms with Crippen LogP contribution in [0.5, 0.6) is 0 Å². The summed E-state index contributed by atoms with van der Waals surface area (Å²) in [7, 11) is 1.79. The predicted molar refractivity (Wildman–Crippen MR) is 96.9 cm³/mol. The average molecular weight is 343 g/mol. The first-order valence-electron chi connectivity index (χ1n) is 7.50. The molecule has 2 aromatic rings. The van der Waals surface area contributed by atoms with Gasteiger partial charge in [0, 0.05) is 30.6 Å². The zero-order valence-corrected chi connectivity index (χ0v) is 14.6. The number of urea groups is 1. The third-order valence-electron chi connectivity index (χ3n) is 3.59. The Morgan fingerprint density at radius 3 is 2.17 bits per heavy atom. The fraction of sp³-hybridized carbons (Fsp3) is 0.222. The van der Waals surface area contributed by atoms with Crippen LogP contribution < -0.4 is 11.1 Å². The van der Waals surface area contributed by atoms with E-state index in [1.54, 1.807) is 35.8 Å². The summed E-state index contributed by atoms with van der Waals surface area (Å²) in [5.41, 5.74) is 7.63. The van der Waals surface area contributed by atoms with Gasteiger partial charge >= 0.3 is 6.03 Å². The van der Waals surface area contributed by atoms with Gasteiger partial charge in [-0.1, -0.05) is 24.3 Å². The van der Waals surface area contributed by atoms with E-state index in [1.807, 2.05) is 30.5 Å². The van der Waals surface area contributed by atoms with E-state index in [-0.39, 0.29) is 5.91 Å². The minimum atomic E-state index is -0.567. The second-order valence-corrected chi connectivity index (χ2v) is 6.30. The minimum Gasteiger partial charge on any atom is -0.352 e. The molecule has 2 aromatic carbocycles. The number of primary amides is 1. The summed E-state index contributed by atoms with van der Waals surface area (Å²) in [6, 6.07) is 14.7. The predicted octanol–water partition coefficient (Wildman–Crippen LogP) is 2.85. The van der Waals surface area contributed by atoms with Crippen LogP contribution in [0.2, 0.25) is 0 Å². The molecular formula is C18H21N3O2S. The quantitative estimate of drug-likeness (QED) is 0.792. The second-order valence-electron chi connectivity index (χ2n) is 5.42. The molecule has 0 heterocycles. The van der Waals surface area contributed by atoms with Crippen molar-refractivity contribution in [3.8, 4) is 0 Å². The van der Waals surface area contributed by atoms with Gasteiger partial charge in [-0.2, -0.15) is 0 Å². The molecule has 3 amide bonds. The van der Waals surface area contributed by atoms with E-state index in [0.717, 1.165) is 11.1 Å². The summed E-state index contributed by atoms with van der Waals surface area (Å²) in [5.74, 6) is -0.0432. The van der Waals surface area contributed by atoms with E-state index in [2.05, 4.69) is 17.4 Å². The SMILES string of the molecule is CSc1ccc(CN(C)C(=O)c2ccc(CNC(N)=O)cc2)cc1. The first kappa shape index (κ1) is 17.9. The lowest BCUT2D eigenvalue weighted by atomic mass is 10.1. The van der Waals surface area contributed by atoms with E-state index in [4.69, 9.17) is 5.73 Å². The Morgan fingerprint density at radius 2 is 1.62 bits per heavy atom. The molecule has 126 valence electrons. The lowest BCUT2D eigenvalue weighted by Gasteiger charge is -2.18. The molecule has 0 aliphatic carbocycles. The van der Waals surface area contributed by atoms with Gasteiger partial charge in [0.25, 0.3) is 5.91 Å². The molecule has 0 unspecified atom stereocenters. The lowest BCUT2D eigenvalue weighted by Crippen LogP contribution is -2.28. The summed E-state index contributed by atoms with van der Waals surface area (Å²) in [6.07, 6.45) is 2.03. The number of nitrogens with one attached hydrogen (secondary N) is 1. The van der Waals surface area contributed by atoms with Gasteiger partial charge < -0.3 is 16.0 Å². The maximum atomic E-state index is 12.5. The fourth-order valence-electron chi connectivity index (χ4n) is 2.25. The standard InChI is InChI=1S/C18H21N3O2S/c1-21(12-14-5-9-16(24-2)10-6-14)17(22)15-7-3-13(4-8-15)11-20-18(19)23/h3-10H,11-12H2,1-2H3,(H3,19,20,23). The van der Waals surface area contributed by atoms with Crippen molar-refractivity contribution in [3.05, 3.63) is 65.2 Å². The van der Waals surface area contributed by atoms with Crippen LogP contribution in [-0.4, -0.2) is 30.1 Å². The number of hydrogen-bond donors (Lipinski definition) is 2. The largest absolute Gasteiger partial charge is 0.352 e. The number of carbonyl (C=O) groups is 2. The van der Waals surface area contributed by atoms with Crippen molar-refractivity contribution in [2.75, 3.05) is 13.3 Å². The maximum Gasteiger partial charge on any atom is 0.312 e. The Morgan fingerprint density at radius 1 is 1.04 bits per heavy atom. The highest BCUT2D eigenvalue weighted by molar-refractivity contribution is 7.98. The lowest BCUT2D eigenvalue weighted by molar-refractivity contribution is 0.0785. The first-order valence-corrected chi connectivity index (χ1v) is 8.72. The van der Waals surface area contributed by atoms with Crippen molar-refractivity contribution in [1.82, 2.24) is 10.2 Å². The Labute approximate surface area is 146 Å². The highest BCUT2D eigenvalue weighted by Crippen LogP contribution is 2.16. The molecule has 0 fully saturated rings. The number of nitrogens with zero attached hydrogens (tertiary/aromatic N) is 1. The number of amides is 3. The number of rotatable bonds is 6. The van der Waals surface area contributed by atoms with Crippen LogP contribution in [0.1, 0.15) is 21.5 Å². The van der Waals surface area contributed by atoms with Crippen molar-refractivity contribution >= 4 is 23.7 Å². The topological polar surface area (TPSA) is 75.4 Å². The molecule has 3 N–H and O–H groups in total. The van der Waals surface area contributed by atoms with E-state index in [0.29, 0.717) is 18.7 Å². The summed E-state index contributed by atoms with van der Waals surface area (Å²) >= 11 is 1.69. The number of nitrogens with two attached hydrogens (primary N) is 1. The average Bonchev–Trinajstić information content (AvgIpc) is 2.60. The normalized spacial score (nSPS) is 10.2. The van der Waals surface area contributed by atoms with Crippen molar-refractivity contribution in [2.45, 2.75) is 18.0 Å². The van der Waals surface area contributed by atoms with Crippen LogP contribution in [-0.2, 0) is 13.1 Å². The molecule has 0 bridgehead atoms. The van der Waals surface area contributed by atoms with Gasteiger partial charge in [0.05, 0.1) is 0 Å². The molecule has 0 saturated heterocycles. The molecule has 2 rings (SSSR count). The zero-order chi connectivity index (χ0) is 17.5. The highest BCUT2D eigenvalue weighted by Gasteiger charge is 2.12. The summed E-state index contributed by atoms with van der Waals surface area (Å²) in [5, 5.41) is 2.52. The second kappa shape index (κ2) is 8.40. The van der Waals surface area contributed by atoms with Crippen LogP contribution in [0, 0.1) is 0 Å². The molecular weight excluding hydrogens is 322 g/mol. The summed E-state index contributed by atoms with van der Waals surface area (Å²) in [6.45, 7) is 0.903. The molecule has 0 radical (unpaired) electrons. The van der Waals surface area contributed by atoms with Gasteiger partial charge in [0.2, 0.25) is 0 Å². The maximum absolute atomic E-state index is 12.5. The molecule has 0 aliphatic rings. The molecule has 0 atom stereocenters. The Kier molecular flexibility index (Phi) is 6.26. The summed E-state index contributed by atoms with van der Waals surface area (Å²) < 4.78 is 0. The van der Waals surface area contributed by atoms with Gasteiger partial charge in [-0.25, -0.2) is 4.79 Å². The number of carbonyl (C=O) groups excluding carboxylic acids is 2. The molecule has 24 heavy (non-hydrogen) atoms. The van der Waals surface area contributed by atoms with E-state index in [1.165, 1.54) is 4.90 Å².